The minimum Gasteiger partial charge on any atom is -0.481 e. The van der Waals surface area contributed by atoms with E-state index in [0.29, 0.717) is 11.7 Å². The second-order valence-electron chi connectivity index (χ2n) is 4.08. The number of aromatic nitrogens is 3. The SMILES string of the molecule is COc1cc(-c2ccc3ncnc(N)c3c2)ccn1. The topological polar surface area (TPSA) is 73.9 Å². The molecule has 5 nitrogen and oxygen atoms in total. The molecule has 3 aromatic rings. The predicted molar refractivity (Wildman–Crippen MR) is 73.7 cm³/mol. The van der Waals surface area contributed by atoms with Gasteiger partial charge in [-0.05, 0) is 29.3 Å². The zero-order valence-corrected chi connectivity index (χ0v) is 10.4. The van der Waals surface area contributed by atoms with E-state index in [-0.39, 0.29) is 0 Å². The van der Waals surface area contributed by atoms with Gasteiger partial charge < -0.3 is 10.5 Å². The predicted octanol–water partition coefficient (Wildman–Crippen LogP) is 2.28. The van der Waals surface area contributed by atoms with Crippen molar-refractivity contribution in [2.45, 2.75) is 0 Å². The molecule has 0 aliphatic carbocycles. The third kappa shape index (κ3) is 2.06. The Kier molecular flexibility index (Phi) is 2.72. The number of pyridine rings is 1. The van der Waals surface area contributed by atoms with E-state index in [0.717, 1.165) is 22.0 Å². The fourth-order valence-corrected chi connectivity index (χ4v) is 1.96. The van der Waals surface area contributed by atoms with Crippen LogP contribution in [0.25, 0.3) is 22.0 Å². The molecular weight excluding hydrogens is 240 g/mol. The molecule has 0 saturated heterocycles. The van der Waals surface area contributed by atoms with Gasteiger partial charge in [0.1, 0.15) is 12.1 Å². The number of benzene rings is 1. The fourth-order valence-electron chi connectivity index (χ4n) is 1.96. The molecule has 3 rings (SSSR count). The zero-order valence-electron chi connectivity index (χ0n) is 10.4. The first-order chi connectivity index (χ1) is 9.28. The van der Waals surface area contributed by atoms with E-state index in [2.05, 4.69) is 15.0 Å². The number of anilines is 1. The van der Waals surface area contributed by atoms with Crippen LogP contribution in [0.5, 0.6) is 5.88 Å². The van der Waals surface area contributed by atoms with Crippen LogP contribution in [0, 0.1) is 0 Å². The molecule has 2 heterocycles. The highest BCUT2D eigenvalue weighted by Gasteiger charge is 2.05. The van der Waals surface area contributed by atoms with Crippen molar-refractivity contribution in [1.82, 2.24) is 15.0 Å². The van der Waals surface area contributed by atoms with Gasteiger partial charge in [-0.25, -0.2) is 15.0 Å². The van der Waals surface area contributed by atoms with E-state index in [1.165, 1.54) is 6.33 Å². The molecule has 0 spiro atoms. The lowest BCUT2D eigenvalue weighted by atomic mass is 10.0. The van der Waals surface area contributed by atoms with E-state index >= 15 is 0 Å². The summed E-state index contributed by atoms with van der Waals surface area (Å²) in [4.78, 5) is 12.3. The van der Waals surface area contributed by atoms with Crippen LogP contribution in [-0.4, -0.2) is 22.1 Å². The van der Waals surface area contributed by atoms with Gasteiger partial charge in [0.15, 0.2) is 0 Å². The van der Waals surface area contributed by atoms with Gasteiger partial charge in [0.05, 0.1) is 12.6 Å². The van der Waals surface area contributed by atoms with Gasteiger partial charge >= 0.3 is 0 Å². The molecule has 2 N–H and O–H groups in total. The average Bonchev–Trinajstić information content (AvgIpc) is 2.47. The first-order valence-corrected chi connectivity index (χ1v) is 5.78. The highest BCUT2D eigenvalue weighted by atomic mass is 16.5. The summed E-state index contributed by atoms with van der Waals surface area (Å²) in [6.07, 6.45) is 3.18. The Hall–Kier alpha value is -2.69. The summed E-state index contributed by atoms with van der Waals surface area (Å²) in [7, 11) is 1.60. The molecule has 0 bridgehead atoms. The molecule has 5 heteroatoms. The quantitative estimate of drug-likeness (QED) is 0.757. The summed E-state index contributed by atoms with van der Waals surface area (Å²) in [5.74, 6) is 1.06. The van der Waals surface area contributed by atoms with Crippen LogP contribution in [0.2, 0.25) is 0 Å². The number of nitrogens with two attached hydrogens (primary N) is 1. The average molecular weight is 252 g/mol. The van der Waals surface area contributed by atoms with Crippen LogP contribution in [0.1, 0.15) is 0 Å². The molecule has 19 heavy (non-hydrogen) atoms. The summed E-state index contributed by atoms with van der Waals surface area (Å²) in [6, 6.07) is 9.68. The summed E-state index contributed by atoms with van der Waals surface area (Å²) in [6.45, 7) is 0. The normalized spacial score (nSPS) is 10.6. The molecule has 0 aliphatic heterocycles. The van der Waals surface area contributed by atoms with Gasteiger partial charge in [-0.2, -0.15) is 0 Å². The Bertz CT molecular complexity index is 742. The second kappa shape index (κ2) is 4.53. The molecule has 0 aliphatic rings. The van der Waals surface area contributed by atoms with Gasteiger partial charge in [-0.1, -0.05) is 6.07 Å². The molecule has 1 aromatic carbocycles. The fraction of sp³-hybridized carbons (Fsp3) is 0.0714. The number of fused-ring (bicyclic) bond motifs is 1. The third-order valence-corrected chi connectivity index (χ3v) is 2.94. The Labute approximate surface area is 110 Å². The van der Waals surface area contributed by atoms with Gasteiger partial charge in [-0.3, -0.25) is 0 Å². The smallest absolute Gasteiger partial charge is 0.213 e. The molecule has 0 saturated carbocycles. The highest BCUT2D eigenvalue weighted by molar-refractivity contribution is 5.91. The van der Waals surface area contributed by atoms with Gasteiger partial charge in [0, 0.05) is 17.6 Å². The molecule has 94 valence electrons. The van der Waals surface area contributed by atoms with Crippen LogP contribution < -0.4 is 10.5 Å². The number of ether oxygens (including phenoxy) is 1. The Morgan fingerprint density at radius 1 is 1.00 bits per heavy atom. The summed E-state index contributed by atoms with van der Waals surface area (Å²) in [5.41, 5.74) is 8.74. The van der Waals surface area contributed by atoms with Crippen LogP contribution >= 0.6 is 0 Å². The van der Waals surface area contributed by atoms with Crippen molar-refractivity contribution in [1.29, 1.82) is 0 Å². The summed E-state index contributed by atoms with van der Waals surface area (Å²) < 4.78 is 5.13. The maximum Gasteiger partial charge on any atom is 0.213 e. The van der Waals surface area contributed by atoms with E-state index in [1.807, 2.05) is 30.3 Å². The lowest BCUT2D eigenvalue weighted by Gasteiger charge is -2.06. The molecule has 0 radical (unpaired) electrons. The number of nitrogen functional groups attached to an aromatic ring is 1. The van der Waals surface area contributed by atoms with Crippen LogP contribution in [0.15, 0.2) is 42.9 Å². The lowest BCUT2D eigenvalue weighted by molar-refractivity contribution is 0.398. The Morgan fingerprint density at radius 3 is 2.68 bits per heavy atom. The maximum atomic E-state index is 5.87. The standard InChI is InChI=1S/C14H12N4O/c1-19-13-7-10(4-5-16-13)9-2-3-12-11(6-9)14(15)18-8-17-12/h2-8H,1H3,(H2,15,17,18). The van der Waals surface area contributed by atoms with Crippen molar-refractivity contribution in [3.8, 4) is 17.0 Å². The van der Waals surface area contributed by atoms with E-state index in [1.54, 1.807) is 13.3 Å². The first kappa shape index (κ1) is 11.4. The van der Waals surface area contributed by atoms with Gasteiger partial charge in [-0.15, -0.1) is 0 Å². The summed E-state index contributed by atoms with van der Waals surface area (Å²) >= 11 is 0. The van der Waals surface area contributed by atoms with Crippen molar-refractivity contribution in [3.05, 3.63) is 42.9 Å². The highest BCUT2D eigenvalue weighted by Crippen LogP contribution is 2.26. The minimum atomic E-state index is 0.480. The van der Waals surface area contributed by atoms with Crippen LogP contribution in [0.3, 0.4) is 0 Å². The minimum absolute atomic E-state index is 0.480. The van der Waals surface area contributed by atoms with Gasteiger partial charge in [0.2, 0.25) is 5.88 Å². The van der Waals surface area contributed by atoms with Crippen LogP contribution in [-0.2, 0) is 0 Å². The first-order valence-electron chi connectivity index (χ1n) is 5.78. The summed E-state index contributed by atoms with van der Waals surface area (Å²) in [5, 5.41) is 0.843. The Morgan fingerprint density at radius 2 is 1.84 bits per heavy atom. The number of hydrogen-bond acceptors (Lipinski definition) is 5. The zero-order chi connectivity index (χ0) is 13.2. The molecular formula is C14H12N4O. The molecule has 0 atom stereocenters. The molecule has 2 aromatic heterocycles. The molecule has 0 unspecified atom stereocenters. The van der Waals surface area contributed by atoms with Crippen molar-refractivity contribution < 1.29 is 4.74 Å². The number of hydrogen-bond donors (Lipinski definition) is 1. The lowest BCUT2D eigenvalue weighted by Crippen LogP contribution is -1.93. The van der Waals surface area contributed by atoms with Crippen molar-refractivity contribution in [2.75, 3.05) is 12.8 Å². The molecule has 0 fully saturated rings. The number of nitrogens with zero attached hydrogens (tertiary/aromatic N) is 3. The van der Waals surface area contributed by atoms with E-state index in [4.69, 9.17) is 10.5 Å². The molecule has 0 amide bonds. The van der Waals surface area contributed by atoms with E-state index < -0.39 is 0 Å². The largest absolute Gasteiger partial charge is 0.481 e. The second-order valence-corrected chi connectivity index (χ2v) is 4.08. The van der Waals surface area contributed by atoms with Crippen molar-refractivity contribution >= 4 is 16.7 Å². The van der Waals surface area contributed by atoms with Gasteiger partial charge in [0.25, 0.3) is 0 Å². The van der Waals surface area contributed by atoms with Crippen molar-refractivity contribution in [3.63, 3.8) is 0 Å². The van der Waals surface area contributed by atoms with E-state index in [9.17, 15) is 0 Å². The van der Waals surface area contributed by atoms with Crippen molar-refractivity contribution in [2.24, 2.45) is 0 Å². The third-order valence-electron chi connectivity index (χ3n) is 2.94. The number of rotatable bonds is 2. The monoisotopic (exact) mass is 252 g/mol. The van der Waals surface area contributed by atoms with Crippen LogP contribution in [0.4, 0.5) is 5.82 Å². The Balaban J connectivity index is 2.17. The number of methoxy groups -OCH3 is 1. The maximum absolute atomic E-state index is 5.87.